The van der Waals surface area contributed by atoms with Crippen molar-refractivity contribution in [1.29, 1.82) is 0 Å². The minimum absolute atomic E-state index is 0.0148. The molecule has 0 radical (unpaired) electrons. The van der Waals surface area contributed by atoms with Crippen molar-refractivity contribution in [2.24, 2.45) is 0 Å². The molecular weight excluding hydrogens is 329 g/mol. The Morgan fingerprint density at radius 1 is 1.28 bits per heavy atom. The Labute approximate surface area is 143 Å². The van der Waals surface area contributed by atoms with Crippen LogP contribution in [0.2, 0.25) is 0 Å². The van der Waals surface area contributed by atoms with Crippen LogP contribution in [0.25, 0.3) is 0 Å². The van der Waals surface area contributed by atoms with Crippen LogP contribution < -0.4 is 5.32 Å². The van der Waals surface area contributed by atoms with Crippen molar-refractivity contribution in [2.75, 3.05) is 13.2 Å². The van der Waals surface area contributed by atoms with Gasteiger partial charge >= 0.3 is 5.97 Å². The average Bonchev–Trinajstić information content (AvgIpc) is 3.31. The summed E-state index contributed by atoms with van der Waals surface area (Å²) in [4.78, 5) is 24.6. The topological polar surface area (TPSA) is 77.8 Å². The predicted octanol–water partition coefficient (Wildman–Crippen LogP) is 2.61. The van der Waals surface area contributed by atoms with E-state index >= 15 is 0 Å². The van der Waals surface area contributed by atoms with Gasteiger partial charge in [0, 0.05) is 18.7 Å². The molecule has 1 aromatic carbocycles. The van der Waals surface area contributed by atoms with Crippen LogP contribution in [0.4, 0.5) is 4.39 Å². The van der Waals surface area contributed by atoms with Crippen LogP contribution in [0, 0.1) is 5.82 Å². The summed E-state index contributed by atoms with van der Waals surface area (Å²) in [6, 6.07) is 8.20. The highest BCUT2D eigenvalue weighted by Gasteiger charge is 2.28. The zero-order valence-corrected chi connectivity index (χ0v) is 13.4. The Morgan fingerprint density at radius 2 is 2.08 bits per heavy atom. The van der Waals surface area contributed by atoms with Crippen molar-refractivity contribution in [3.05, 3.63) is 59.8 Å². The SMILES string of the molecule is O=C(O[C@@H](C(=O)NC[C@@H]1CCCO1)c1ccc(F)cc1)c1ccco1. The van der Waals surface area contributed by atoms with Crippen LogP contribution in [-0.2, 0) is 14.3 Å². The lowest BCUT2D eigenvalue weighted by atomic mass is 10.1. The summed E-state index contributed by atoms with van der Waals surface area (Å²) >= 11 is 0. The first-order chi connectivity index (χ1) is 12.1. The van der Waals surface area contributed by atoms with Crippen molar-refractivity contribution >= 4 is 11.9 Å². The van der Waals surface area contributed by atoms with E-state index < -0.39 is 23.8 Å². The third-order valence-electron chi connectivity index (χ3n) is 3.89. The van der Waals surface area contributed by atoms with Crippen molar-refractivity contribution in [3.63, 3.8) is 0 Å². The highest BCUT2D eigenvalue weighted by Crippen LogP contribution is 2.21. The molecule has 1 N–H and O–H groups in total. The molecule has 3 rings (SSSR count). The van der Waals surface area contributed by atoms with Gasteiger partial charge in [0.15, 0.2) is 0 Å². The number of hydrogen-bond acceptors (Lipinski definition) is 5. The standard InChI is InChI=1S/C18H18FNO5/c19-13-7-5-12(6-8-13)16(25-18(22)15-4-2-10-24-15)17(21)20-11-14-3-1-9-23-14/h2,4-8,10,14,16H,1,3,9,11H2,(H,20,21)/t14-,16+/m0/s1. The Balaban J connectivity index is 1.72. The van der Waals surface area contributed by atoms with Crippen LogP contribution in [0.1, 0.15) is 35.1 Å². The maximum atomic E-state index is 13.1. The second-order valence-corrected chi connectivity index (χ2v) is 5.69. The molecule has 2 atom stereocenters. The Hall–Kier alpha value is -2.67. The van der Waals surface area contributed by atoms with Gasteiger partial charge in [-0.15, -0.1) is 0 Å². The quantitative estimate of drug-likeness (QED) is 0.813. The fourth-order valence-electron chi connectivity index (χ4n) is 2.58. The van der Waals surface area contributed by atoms with E-state index in [1.807, 2.05) is 0 Å². The minimum atomic E-state index is -1.21. The summed E-state index contributed by atoms with van der Waals surface area (Å²) in [5.41, 5.74) is 0.367. The van der Waals surface area contributed by atoms with Crippen molar-refractivity contribution in [1.82, 2.24) is 5.32 Å². The lowest BCUT2D eigenvalue weighted by molar-refractivity contribution is -0.130. The molecule has 1 saturated heterocycles. The highest BCUT2D eigenvalue weighted by molar-refractivity contribution is 5.90. The molecule has 1 fully saturated rings. The Bertz CT molecular complexity index is 708. The highest BCUT2D eigenvalue weighted by atomic mass is 19.1. The van der Waals surface area contributed by atoms with Gasteiger partial charge in [-0.05, 0) is 37.1 Å². The monoisotopic (exact) mass is 347 g/mol. The smallest absolute Gasteiger partial charge is 0.375 e. The van der Waals surface area contributed by atoms with E-state index in [1.54, 1.807) is 6.07 Å². The van der Waals surface area contributed by atoms with Crippen LogP contribution in [0.5, 0.6) is 0 Å². The van der Waals surface area contributed by atoms with E-state index in [4.69, 9.17) is 13.9 Å². The van der Waals surface area contributed by atoms with Gasteiger partial charge in [0.05, 0.1) is 12.4 Å². The third kappa shape index (κ3) is 4.45. The minimum Gasteiger partial charge on any atom is -0.457 e. The molecular formula is C18H18FNO5. The average molecular weight is 347 g/mol. The fraction of sp³-hybridized carbons (Fsp3) is 0.333. The van der Waals surface area contributed by atoms with Gasteiger partial charge in [-0.1, -0.05) is 12.1 Å². The summed E-state index contributed by atoms with van der Waals surface area (Å²) in [6.07, 6.45) is 1.91. The molecule has 0 aliphatic carbocycles. The number of carbonyl (C=O) groups is 2. The Kier molecular flexibility index (Phi) is 5.45. The number of ether oxygens (including phenoxy) is 2. The van der Waals surface area contributed by atoms with Crippen LogP contribution in [-0.4, -0.2) is 31.1 Å². The van der Waals surface area contributed by atoms with Gasteiger partial charge in [-0.3, -0.25) is 4.79 Å². The number of furan rings is 1. The van der Waals surface area contributed by atoms with Crippen molar-refractivity contribution < 1.29 is 27.9 Å². The second-order valence-electron chi connectivity index (χ2n) is 5.69. The van der Waals surface area contributed by atoms with Gasteiger partial charge in [-0.25, -0.2) is 9.18 Å². The van der Waals surface area contributed by atoms with E-state index in [-0.39, 0.29) is 11.9 Å². The normalized spacial score (nSPS) is 17.9. The third-order valence-corrected chi connectivity index (χ3v) is 3.89. The van der Waals surface area contributed by atoms with Crippen molar-refractivity contribution in [2.45, 2.75) is 25.0 Å². The largest absolute Gasteiger partial charge is 0.457 e. The fourth-order valence-corrected chi connectivity index (χ4v) is 2.58. The number of halogens is 1. The predicted molar refractivity (Wildman–Crippen MR) is 85.2 cm³/mol. The maximum absolute atomic E-state index is 13.1. The number of nitrogens with one attached hydrogen (secondary N) is 1. The first kappa shape index (κ1) is 17.2. The molecule has 2 heterocycles. The molecule has 0 saturated carbocycles. The van der Waals surface area contributed by atoms with Gasteiger partial charge in [-0.2, -0.15) is 0 Å². The van der Waals surface area contributed by atoms with E-state index in [9.17, 15) is 14.0 Å². The van der Waals surface area contributed by atoms with Gasteiger partial charge in [0.25, 0.3) is 5.91 Å². The number of amides is 1. The molecule has 1 aliphatic heterocycles. The molecule has 1 aromatic heterocycles. The molecule has 1 aliphatic rings. The van der Waals surface area contributed by atoms with Crippen molar-refractivity contribution in [3.8, 4) is 0 Å². The molecule has 25 heavy (non-hydrogen) atoms. The molecule has 132 valence electrons. The zero-order chi connectivity index (χ0) is 17.6. The zero-order valence-electron chi connectivity index (χ0n) is 13.4. The van der Waals surface area contributed by atoms with E-state index in [2.05, 4.69) is 5.32 Å². The molecule has 1 amide bonds. The first-order valence-electron chi connectivity index (χ1n) is 8.03. The van der Waals surface area contributed by atoms with Crippen LogP contribution in [0.15, 0.2) is 47.1 Å². The summed E-state index contributed by atoms with van der Waals surface area (Å²) in [5, 5.41) is 2.72. The summed E-state index contributed by atoms with van der Waals surface area (Å²) in [5.74, 6) is -1.73. The number of benzene rings is 1. The maximum Gasteiger partial charge on any atom is 0.375 e. The molecule has 0 bridgehead atoms. The lowest BCUT2D eigenvalue weighted by Crippen LogP contribution is -2.37. The van der Waals surface area contributed by atoms with Crippen LogP contribution >= 0.6 is 0 Å². The van der Waals surface area contributed by atoms with Gasteiger partial charge in [0.1, 0.15) is 5.82 Å². The van der Waals surface area contributed by atoms with Gasteiger partial charge in [0.2, 0.25) is 11.9 Å². The summed E-state index contributed by atoms with van der Waals surface area (Å²) < 4.78 is 28.9. The number of hydrogen-bond donors (Lipinski definition) is 1. The molecule has 6 nitrogen and oxygen atoms in total. The van der Waals surface area contributed by atoms with E-state index in [0.717, 1.165) is 12.8 Å². The molecule has 7 heteroatoms. The Morgan fingerprint density at radius 3 is 2.72 bits per heavy atom. The second kappa shape index (κ2) is 7.94. The van der Waals surface area contributed by atoms with E-state index in [0.29, 0.717) is 18.7 Å². The molecule has 0 spiro atoms. The molecule has 0 unspecified atom stereocenters. The van der Waals surface area contributed by atoms with Crippen LogP contribution in [0.3, 0.4) is 0 Å². The van der Waals surface area contributed by atoms with Gasteiger partial charge < -0.3 is 19.2 Å². The first-order valence-corrected chi connectivity index (χ1v) is 8.03. The molecule has 2 aromatic rings. The number of rotatable bonds is 6. The number of carbonyl (C=O) groups excluding carboxylic acids is 2. The van der Waals surface area contributed by atoms with E-state index in [1.165, 1.54) is 36.6 Å². The lowest BCUT2D eigenvalue weighted by Gasteiger charge is -2.19. The number of esters is 1. The summed E-state index contributed by atoms with van der Waals surface area (Å²) in [7, 11) is 0. The summed E-state index contributed by atoms with van der Waals surface area (Å²) in [6.45, 7) is 1.00.